The average molecular weight is 372 g/mol. The van der Waals surface area contributed by atoms with Crippen LogP contribution in [0, 0.1) is 10.1 Å². The van der Waals surface area contributed by atoms with Gasteiger partial charge in [-0.2, -0.15) is 0 Å². The molecule has 0 aliphatic heterocycles. The van der Waals surface area contributed by atoms with E-state index in [0.717, 1.165) is 0 Å². The van der Waals surface area contributed by atoms with Crippen molar-refractivity contribution in [3.8, 4) is 5.75 Å². The Kier molecular flexibility index (Phi) is 6.39. The SMILES string of the molecule is COc1cccc([C@H](NC(=O)OC(C)(C)C)[C@@H](c2ccccc2)[N+](=O)[O-])c1. The lowest BCUT2D eigenvalue weighted by Gasteiger charge is -2.26. The highest BCUT2D eigenvalue weighted by atomic mass is 16.6. The first kappa shape index (κ1) is 20.2. The summed E-state index contributed by atoms with van der Waals surface area (Å²) in [5.41, 5.74) is 0.303. The predicted molar refractivity (Wildman–Crippen MR) is 101 cm³/mol. The maximum Gasteiger partial charge on any atom is 0.408 e. The van der Waals surface area contributed by atoms with Crippen molar-refractivity contribution in [1.29, 1.82) is 0 Å². The van der Waals surface area contributed by atoms with Gasteiger partial charge in [-0.3, -0.25) is 10.1 Å². The molecule has 0 saturated heterocycles. The van der Waals surface area contributed by atoms with Crippen molar-refractivity contribution in [2.24, 2.45) is 0 Å². The Bertz CT molecular complexity index is 786. The minimum absolute atomic E-state index is 0.406. The molecule has 2 rings (SSSR count). The van der Waals surface area contributed by atoms with E-state index in [1.54, 1.807) is 75.4 Å². The van der Waals surface area contributed by atoms with Crippen molar-refractivity contribution in [3.63, 3.8) is 0 Å². The lowest BCUT2D eigenvalue weighted by Crippen LogP contribution is -2.39. The molecule has 0 unspecified atom stereocenters. The molecule has 144 valence electrons. The number of nitrogens with zero attached hydrogens (tertiary/aromatic N) is 1. The number of nitrogens with one attached hydrogen (secondary N) is 1. The molecule has 0 aliphatic carbocycles. The van der Waals surface area contributed by atoms with Gasteiger partial charge in [0.15, 0.2) is 0 Å². The van der Waals surface area contributed by atoms with E-state index in [-0.39, 0.29) is 0 Å². The summed E-state index contributed by atoms with van der Waals surface area (Å²) in [5.74, 6) is 0.540. The van der Waals surface area contributed by atoms with Crippen LogP contribution in [0.15, 0.2) is 54.6 Å². The Labute approximate surface area is 158 Å². The molecule has 27 heavy (non-hydrogen) atoms. The molecular formula is C20H24N2O5. The van der Waals surface area contributed by atoms with Crippen LogP contribution in [0.5, 0.6) is 5.75 Å². The summed E-state index contributed by atoms with van der Waals surface area (Å²) >= 11 is 0. The Morgan fingerprint density at radius 1 is 1.07 bits per heavy atom. The highest BCUT2D eigenvalue weighted by molar-refractivity contribution is 5.68. The molecule has 0 bridgehead atoms. The van der Waals surface area contributed by atoms with E-state index < -0.39 is 28.7 Å². The fourth-order valence-corrected chi connectivity index (χ4v) is 2.70. The topological polar surface area (TPSA) is 90.7 Å². The van der Waals surface area contributed by atoms with E-state index in [9.17, 15) is 14.9 Å². The Morgan fingerprint density at radius 3 is 2.26 bits per heavy atom. The standard InChI is InChI=1S/C20H24N2O5/c1-20(2,3)27-19(23)21-17(15-11-8-12-16(13-15)26-4)18(22(24)25)14-9-6-5-7-10-14/h5-13,17-18H,1-4H3,(H,21,23)/t17-,18+/m0/s1. The number of alkyl carbamates (subject to hydrolysis) is 1. The van der Waals surface area contributed by atoms with Gasteiger partial charge in [-0.25, -0.2) is 4.79 Å². The molecule has 0 aliphatic rings. The number of carbonyl (C=O) groups is 1. The first-order valence-electron chi connectivity index (χ1n) is 8.53. The van der Waals surface area contributed by atoms with Crippen LogP contribution in [-0.2, 0) is 4.74 Å². The zero-order valence-electron chi connectivity index (χ0n) is 15.8. The molecule has 0 aromatic heterocycles. The molecule has 1 N–H and O–H groups in total. The van der Waals surface area contributed by atoms with Crippen LogP contribution in [0.2, 0.25) is 0 Å². The number of carbonyl (C=O) groups excluding carboxylic acids is 1. The molecule has 1 amide bonds. The van der Waals surface area contributed by atoms with Gasteiger partial charge in [-0.1, -0.05) is 42.5 Å². The maximum atomic E-state index is 12.4. The Hall–Kier alpha value is -3.09. The van der Waals surface area contributed by atoms with Gasteiger partial charge in [0.2, 0.25) is 0 Å². The highest BCUT2D eigenvalue weighted by Gasteiger charge is 2.37. The van der Waals surface area contributed by atoms with Crippen molar-refractivity contribution < 1.29 is 19.2 Å². The summed E-state index contributed by atoms with van der Waals surface area (Å²) in [5, 5.41) is 14.6. The summed E-state index contributed by atoms with van der Waals surface area (Å²) in [6, 6.07) is 13.3. The van der Waals surface area contributed by atoms with E-state index in [2.05, 4.69) is 5.32 Å². The summed E-state index contributed by atoms with van der Waals surface area (Å²) in [6.07, 6.45) is -0.724. The monoisotopic (exact) mass is 372 g/mol. The van der Waals surface area contributed by atoms with E-state index in [1.807, 2.05) is 0 Å². The minimum Gasteiger partial charge on any atom is -0.497 e. The number of methoxy groups -OCH3 is 1. The third kappa shape index (κ3) is 5.70. The van der Waals surface area contributed by atoms with E-state index >= 15 is 0 Å². The zero-order valence-corrected chi connectivity index (χ0v) is 15.8. The zero-order chi connectivity index (χ0) is 20.0. The molecule has 0 fully saturated rings. The van der Waals surface area contributed by atoms with Gasteiger partial charge in [0.1, 0.15) is 17.4 Å². The van der Waals surface area contributed by atoms with Crippen LogP contribution in [0.1, 0.15) is 44.0 Å². The van der Waals surface area contributed by atoms with E-state index in [4.69, 9.17) is 9.47 Å². The van der Waals surface area contributed by atoms with Crippen LogP contribution in [0.3, 0.4) is 0 Å². The Morgan fingerprint density at radius 2 is 1.70 bits per heavy atom. The van der Waals surface area contributed by atoms with Gasteiger partial charge in [0, 0.05) is 10.5 Å². The minimum atomic E-state index is -1.19. The van der Waals surface area contributed by atoms with Crippen LogP contribution in [0.4, 0.5) is 4.79 Å². The summed E-state index contributed by atoms with van der Waals surface area (Å²) in [4.78, 5) is 23.9. The van der Waals surface area contributed by atoms with Gasteiger partial charge >= 0.3 is 6.09 Å². The number of nitro groups is 1. The summed E-state index contributed by atoms with van der Waals surface area (Å²) in [6.45, 7) is 5.19. The van der Waals surface area contributed by atoms with Crippen LogP contribution in [0.25, 0.3) is 0 Å². The van der Waals surface area contributed by atoms with Crippen molar-refractivity contribution in [2.75, 3.05) is 7.11 Å². The number of ether oxygens (including phenoxy) is 2. The van der Waals surface area contributed by atoms with E-state index in [0.29, 0.717) is 16.9 Å². The fraction of sp³-hybridized carbons (Fsp3) is 0.350. The number of hydrogen-bond acceptors (Lipinski definition) is 5. The number of benzene rings is 2. The molecule has 0 radical (unpaired) electrons. The Balaban J connectivity index is 2.46. The third-order valence-electron chi connectivity index (χ3n) is 3.81. The van der Waals surface area contributed by atoms with Gasteiger partial charge < -0.3 is 14.8 Å². The molecule has 7 heteroatoms. The predicted octanol–water partition coefficient (Wildman–Crippen LogP) is 4.28. The van der Waals surface area contributed by atoms with Crippen molar-refractivity contribution in [2.45, 2.75) is 38.5 Å². The lowest BCUT2D eigenvalue weighted by atomic mass is 9.93. The third-order valence-corrected chi connectivity index (χ3v) is 3.81. The van der Waals surface area contributed by atoms with Crippen molar-refractivity contribution in [1.82, 2.24) is 5.32 Å². The quantitative estimate of drug-likeness (QED) is 0.604. The first-order valence-corrected chi connectivity index (χ1v) is 8.53. The molecule has 0 spiro atoms. The van der Waals surface area contributed by atoms with Crippen molar-refractivity contribution in [3.05, 3.63) is 75.8 Å². The fourth-order valence-electron chi connectivity index (χ4n) is 2.70. The number of rotatable bonds is 6. The van der Waals surface area contributed by atoms with Gasteiger partial charge in [-0.15, -0.1) is 0 Å². The van der Waals surface area contributed by atoms with Gasteiger partial charge in [-0.05, 0) is 38.5 Å². The normalized spacial score (nSPS) is 13.3. The lowest BCUT2D eigenvalue weighted by molar-refractivity contribution is -0.534. The van der Waals surface area contributed by atoms with Crippen LogP contribution in [-0.4, -0.2) is 23.7 Å². The van der Waals surface area contributed by atoms with Crippen LogP contribution < -0.4 is 10.1 Å². The molecular weight excluding hydrogens is 348 g/mol. The van der Waals surface area contributed by atoms with Crippen molar-refractivity contribution >= 4 is 6.09 Å². The number of hydrogen-bond donors (Lipinski definition) is 1. The first-order chi connectivity index (χ1) is 12.7. The molecule has 7 nitrogen and oxygen atoms in total. The largest absolute Gasteiger partial charge is 0.497 e. The second-order valence-corrected chi connectivity index (χ2v) is 7.04. The number of amides is 1. The maximum absolute atomic E-state index is 12.4. The summed E-state index contributed by atoms with van der Waals surface area (Å²) in [7, 11) is 1.51. The second-order valence-electron chi connectivity index (χ2n) is 7.04. The van der Waals surface area contributed by atoms with Gasteiger partial charge in [0.05, 0.1) is 7.11 Å². The van der Waals surface area contributed by atoms with Gasteiger partial charge in [0.25, 0.3) is 6.04 Å². The molecule has 2 aromatic rings. The highest BCUT2D eigenvalue weighted by Crippen LogP contribution is 2.33. The van der Waals surface area contributed by atoms with Crippen LogP contribution >= 0.6 is 0 Å². The molecule has 0 heterocycles. The van der Waals surface area contributed by atoms with E-state index in [1.165, 1.54) is 7.11 Å². The average Bonchev–Trinajstić information content (AvgIpc) is 2.60. The molecule has 2 aromatic carbocycles. The smallest absolute Gasteiger partial charge is 0.408 e. The second kappa shape index (κ2) is 8.53. The summed E-state index contributed by atoms with van der Waals surface area (Å²) < 4.78 is 10.5. The molecule has 2 atom stereocenters. The molecule has 0 saturated carbocycles.